The van der Waals surface area contributed by atoms with Crippen LogP contribution in [0.5, 0.6) is 0 Å². The fourth-order valence-electron chi connectivity index (χ4n) is 3.22. The van der Waals surface area contributed by atoms with E-state index in [1.54, 1.807) is 0 Å². The van der Waals surface area contributed by atoms with Crippen molar-refractivity contribution in [1.29, 1.82) is 0 Å². The zero-order chi connectivity index (χ0) is 22.2. The summed E-state index contributed by atoms with van der Waals surface area (Å²) in [5.74, 6) is -0.358. The van der Waals surface area contributed by atoms with Crippen molar-refractivity contribution in [2.75, 3.05) is 33.0 Å². The van der Waals surface area contributed by atoms with E-state index in [1.807, 2.05) is 0 Å². The predicted octanol–water partition coefficient (Wildman–Crippen LogP) is 6.07. The van der Waals surface area contributed by atoms with Crippen molar-refractivity contribution >= 4 is 10.1 Å². The zero-order valence-electron chi connectivity index (χ0n) is 19.7. The second kappa shape index (κ2) is 24.1. The Morgan fingerprint density at radius 3 is 1.21 bits per heavy atom. The first kappa shape index (κ1) is 31.0. The quantitative estimate of drug-likeness (QED) is 0.179. The molecule has 2 N–H and O–H groups in total. The van der Waals surface area contributed by atoms with Crippen LogP contribution in [0.15, 0.2) is 0 Å². The number of nitrogens with zero attached hydrogens (tertiary/aromatic N) is 1. The highest BCUT2D eigenvalue weighted by atomic mass is 32.2. The summed E-state index contributed by atoms with van der Waals surface area (Å²) in [6.45, 7) is 3.35. The van der Waals surface area contributed by atoms with Gasteiger partial charge in [0, 0.05) is 6.61 Å². The van der Waals surface area contributed by atoms with E-state index >= 15 is 0 Å². The van der Waals surface area contributed by atoms with Gasteiger partial charge in [0.1, 0.15) is 0 Å². The molecule has 0 unspecified atom stereocenters. The smallest absolute Gasteiger partial charge is 0.264 e. The Morgan fingerprint density at radius 1 is 0.621 bits per heavy atom. The van der Waals surface area contributed by atoms with E-state index in [1.165, 1.54) is 109 Å². The van der Waals surface area contributed by atoms with Crippen molar-refractivity contribution in [2.45, 2.75) is 116 Å². The first-order valence-electron chi connectivity index (χ1n) is 12.0. The highest BCUT2D eigenvalue weighted by Gasteiger charge is 2.00. The van der Waals surface area contributed by atoms with E-state index in [2.05, 4.69) is 25.9 Å². The predicted molar refractivity (Wildman–Crippen MR) is 126 cm³/mol. The van der Waals surface area contributed by atoms with Crippen LogP contribution in [0.3, 0.4) is 0 Å². The number of aliphatic hydroxyl groups excluding tert-OH is 1. The minimum atomic E-state index is -3.85. The minimum Gasteiger partial charge on any atom is -0.396 e. The Labute approximate surface area is 182 Å². The third-order valence-electron chi connectivity index (χ3n) is 5.02. The van der Waals surface area contributed by atoms with Gasteiger partial charge in [-0.3, -0.25) is 4.55 Å². The summed E-state index contributed by atoms with van der Waals surface area (Å²) >= 11 is 0. The minimum absolute atomic E-state index is 0.0961. The lowest BCUT2D eigenvalue weighted by Crippen LogP contribution is -2.12. The Morgan fingerprint density at radius 2 is 0.966 bits per heavy atom. The summed E-state index contributed by atoms with van der Waals surface area (Å²) in [6.07, 6.45) is 23.4. The molecule has 0 aromatic heterocycles. The number of rotatable bonds is 20. The Balaban J connectivity index is 0. The highest BCUT2D eigenvalue weighted by molar-refractivity contribution is 7.85. The fourth-order valence-corrected chi connectivity index (χ4v) is 3.72. The average Bonchev–Trinajstić information content (AvgIpc) is 2.65. The van der Waals surface area contributed by atoms with Gasteiger partial charge in [-0.05, 0) is 33.5 Å². The molecule has 0 atom stereocenters. The van der Waals surface area contributed by atoms with Crippen molar-refractivity contribution in [3.8, 4) is 0 Å². The Hall–Kier alpha value is -0.170. The molecule has 0 amide bonds. The van der Waals surface area contributed by atoms with E-state index in [0.717, 1.165) is 0 Å². The molecule has 0 bridgehead atoms. The van der Waals surface area contributed by atoms with Crippen LogP contribution in [0.1, 0.15) is 116 Å². The summed E-state index contributed by atoms with van der Waals surface area (Å²) in [5.41, 5.74) is 0. The van der Waals surface area contributed by atoms with Crippen LogP contribution in [0.25, 0.3) is 0 Å². The lowest BCUT2D eigenvalue weighted by molar-refractivity contribution is 0.294. The van der Waals surface area contributed by atoms with Gasteiger partial charge in [-0.2, -0.15) is 8.42 Å². The molecule has 0 saturated carbocycles. The van der Waals surface area contributed by atoms with E-state index in [0.29, 0.717) is 0 Å². The number of hydrogen-bond donors (Lipinski definition) is 2. The molecule has 0 spiro atoms. The standard InChI is InChI=1S/C20H43N.C3H8O4S/c1-4-5-6-7-8-9-10-11-12-13-14-15-16-17-18-19-20-21(2)3;4-2-1-3-8(5,6)7/h4-20H2,1-3H3;4H,1-3H2,(H,5,6,7). The molecule has 0 aliphatic rings. The Kier molecular flexibility index (Phi) is 25.8. The number of unbranched alkanes of at least 4 members (excludes halogenated alkanes) is 15. The van der Waals surface area contributed by atoms with Crippen LogP contribution in [-0.2, 0) is 10.1 Å². The van der Waals surface area contributed by atoms with E-state index in [-0.39, 0.29) is 18.8 Å². The number of aliphatic hydroxyl groups is 1. The first-order chi connectivity index (χ1) is 13.8. The molecule has 0 saturated heterocycles. The van der Waals surface area contributed by atoms with Crippen LogP contribution >= 0.6 is 0 Å². The molecule has 0 heterocycles. The topological polar surface area (TPSA) is 77.8 Å². The average molecular weight is 438 g/mol. The normalized spacial score (nSPS) is 11.5. The van der Waals surface area contributed by atoms with Gasteiger partial charge in [-0.1, -0.05) is 103 Å². The third-order valence-corrected chi connectivity index (χ3v) is 5.82. The molecule has 6 heteroatoms. The molecule has 0 rings (SSSR count). The summed E-state index contributed by atoms with van der Waals surface area (Å²) in [5, 5.41) is 8.05. The van der Waals surface area contributed by atoms with Gasteiger partial charge in [0.2, 0.25) is 0 Å². The van der Waals surface area contributed by atoms with Crippen molar-refractivity contribution < 1.29 is 18.1 Å². The molecule has 0 aromatic carbocycles. The summed E-state index contributed by atoms with van der Waals surface area (Å²) < 4.78 is 27.7. The van der Waals surface area contributed by atoms with Crippen LogP contribution in [0.2, 0.25) is 0 Å². The van der Waals surface area contributed by atoms with Crippen molar-refractivity contribution in [2.24, 2.45) is 0 Å². The maximum atomic E-state index is 9.83. The van der Waals surface area contributed by atoms with Gasteiger partial charge in [0.25, 0.3) is 10.1 Å². The van der Waals surface area contributed by atoms with E-state index in [4.69, 9.17) is 9.66 Å². The van der Waals surface area contributed by atoms with Gasteiger partial charge in [-0.15, -0.1) is 0 Å². The van der Waals surface area contributed by atoms with Gasteiger partial charge >= 0.3 is 0 Å². The molecular formula is C23H51NO4S. The lowest BCUT2D eigenvalue weighted by atomic mass is 10.0. The van der Waals surface area contributed by atoms with Crippen LogP contribution < -0.4 is 0 Å². The van der Waals surface area contributed by atoms with Crippen molar-refractivity contribution in [1.82, 2.24) is 4.90 Å². The lowest BCUT2D eigenvalue weighted by Gasteiger charge is -2.08. The van der Waals surface area contributed by atoms with Crippen molar-refractivity contribution in [3.05, 3.63) is 0 Å². The molecule has 178 valence electrons. The van der Waals surface area contributed by atoms with Gasteiger partial charge in [-0.25, -0.2) is 0 Å². The second-order valence-corrected chi connectivity index (χ2v) is 10.0. The van der Waals surface area contributed by atoms with Crippen molar-refractivity contribution in [3.63, 3.8) is 0 Å². The van der Waals surface area contributed by atoms with Crippen LogP contribution in [0.4, 0.5) is 0 Å². The number of hydrogen-bond acceptors (Lipinski definition) is 4. The molecule has 0 aliphatic heterocycles. The zero-order valence-corrected chi connectivity index (χ0v) is 20.5. The van der Waals surface area contributed by atoms with E-state index < -0.39 is 10.1 Å². The molecular weight excluding hydrogens is 386 g/mol. The maximum absolute atomic E-state index is 9.83. The highest BCUT2D eigenvalue weighted by Crippen LogP contribution is 2.13. The molecule has 0 aliphatic carbocycles. The maximum Gasteiger partial charge on any atom is 0.264 e. The largest absolute Gasteiger partial charge is 0.396 e. The van der Waals surface area contributed by atoms with Gasteiger partial charge < -0.3 is 10.0 Å². The van der Waals surface area contributed by atoms with Gasteiger partial charge in [0.05, 0.1) is 5.75 Å². The van der Waals surface area contributed by atoms with Crippen LogP contribution in [0, 0.1) is 0 Å². The molecule has 0 radical (unpaired) electrons. The molecule has 29 heavy (non-hydrogen) atoms. The Bertz CT molecular complexity index is 400. The second-order valence-electron chi connectivity index (χ2n) is 8.47. The summed E-state index contributed by atoms with van der Waals surface area (Å²) in [7, 11) is 0.497. The monoisotopic (exact) mass is 437 g/mol. The first-order valence-corrected chi connectivity index (χ1v) is 13.6. The third kappa shape index (κ3) is 35.6. The van der Waals surface area contributed by atoms with Crippen LogP contribution in [-0.4, -0.2) is 56.0 Å². The van der Waals surface area contributed by atoms with E-state index in [9.17, 15) is 8.42 Å². The summed E-state index contributed by atoms with van der Waals surface area (Å²) in [4.78, 5) is 2.30. The molecule has 0 aromatic rings. The molecule has 0 fully saturated rings. The SMILES string of the molecule is CCCCCCCCCCCCCCCCCCN(C)C.O=S(=O)(O)CCCO. The molecule has 5 nitrogen and oxygen atoms in total. The fraction of sp³-hybridized carbons (Fsp3) is 1.00. The van der Waals surface area contributed by atoms with Gasteiger partial charge in [0.15, 0.2) is 0 Å². The summed E-state index contributed by atoms with van der Waals surface area (Å²) in [6, 6.07) is 0.